The Kier molecular flexibility index (Phi) is 5.38. The van der Waals surface area contributed by atoms with Gasteiger partial charge >= 0.3 is 0 Å². The van der Waals surface area contributed by atoms with E-state index in [-0.39, 0.29) is 6.61 Å². The highest BCUT2D eigenvalue weighted by Gasteiger charge is 2.28. The second-order valence-corrected chi connectivity index (χ2v) is 5.56. The number of aliphatic hydroxyl groups is 1. The minimum absolute atomic E-state index is 0.259. The third kappa shape index (κ3) is 3.65. The molecule has 2 atom stereocenters. The molecule has 0 aromatic carbocycles. The first-order valence-electron chi connectivity index (χ1n) is 7.06. The van der Waals surface area contributed by atoms with Gasteiger partial charge in [-0.05, 0) is 14.0 Å². The van der Waals surface area contributed by atoms with Crippen LogP contribution in [0.5, 0.6) is 0 Å². The Morgan fingerprint density at radius 3 is 2.44 bits per heavy atom. The van der Waals surface area contributed by atoms with Crippen molar-refractivity contribution in [3.8, 4) is 0 Å². The van der Waals surface area contributed by atoms with Crippen LogP contribution in [0, 0.1) is 0 Å². The van der Waals surface area contributed by atoms with E-state index in [1.807, 2.05) is 0 Å². The lowest BCUT2D eigenvalue weighted by molar-refractivity contribution is 0.00548. The van der Waals surface area contributed by atoms with E-state index in [1.165, 1.54) is 0 Å². The maximum absolute atomic E-state index is 9.42. The van der Waals surface area contributed by atoms with Crippen LogP contribution in [0.1, 0.15) is 6.92 Å². The number of likely N-dealkylation sites (N-methyl/N-ethyl adjacent to an activating group) is 1. The molecule has 2 aliphatic heterocycles. The summed E-state index contributed by atoms with van der Waals surface area (Å²) in [6.45, 7) is 10.7. The molecule has 2 heterocycles. The molecule has 0 radical (unpaired) electrons. The van der Waals surface area contributed by atoms with Crippen molar-refractivity contribution in [1.29, 1.82) is 0 Å². The fourth-order valence-corrected chi connectivity index (χ4v) is 2.84. The topological polar surface area (TPSA) is 39.2 Å². The SMILES string of the molecule is CC1CN(CCN2CCOCC2)CC(CO)N1C. The molecule has 0 bridgehead atoms. The zero-order valence-corrected chi connectivity index (χ0v) is 11.7. The quantitative estimate of drug-likeness (QED) is 0.722. The van der Waals surface area contributed by atoms with Crippen LogP contribution in [0.15, 0.2) is 0 Å². The minimum Gasteiger partial charge on any atom is -0.395 e. The zero-order valence-electron chi connectivity index (χ0n) is 11.7. The Hall–Kier alpha value is -0.200. The summed E-state index contributed by atoms with van der Waals surface area (Å²) in [6.07, 6.45) is 0. The van der Waals surface area contributed by atoms with Crippen LogP contribution in [0.4, 0.5) is 0 Å². The predicted molar refractivity (Wildman–Crippen MR) is 71.8 cm³/mol. The molecule has 2 saturated heterocycles. The van der Waals surface area contributed by atoms with Gasteiger partial charge in [-0.2, -0.15) is 0 Å². The van der Waals surface area contributed by atoms with E-state index in [4.69, 9.17) is 4.74 Å². The van der Waals surface area contributed by atoms with Gasteiger partial charge in [0, 0.05) is 51.4 Å². The number of nitrogens with zero attached hydrogens (tertiary/aromatic N) is 3. The maximum atomic E-state index is 9.42. The fourth-order valence-electron chi connectivity index (χ4n) is 2.84. The summed E-state index contributed by atoms with van der Waals surface area (Å²) in [7, 11) is 2.12. The van der Waals surface area contributed by atoms with Crippen LogP contribution in [-0.2, 0) is 4.74 Å². The molecule has 1 N–H and O–H groups in total. The predicted octanol–water partition coefficient (Wildman–Crippen LogP) is -0.685. The van der Waals surface area contributed by atoms with Gasteiger partial charge < -0.3 is 9.84 Å². The van der Waals surface area contributed by atoms with Crippen molar-refractivity contribution in [3.05, 3.63) is 0 Å². The first kappa shape index (κ1) is 14.2. The van der Waals surface area contributed by atoms with E-state index < -0.39 is 0 Å². The van der Waals surface area contributed by atoms with Crippen molar-refractivity contribution in [3.63, 3.8) is 0 Å². The molecule has 2 aliphatic rings. The van der Waals surface area contributed by atoms with Crippen LogP contribution in [0.25, 0.3) is 0 Å². The molecule has 5 heteroatoms. The van der Waals surface area contributed by atoms with Crippen LogP contribution >= 0.6 is 0 Å². The van der Waals surface area contributed by atoms with E-state index in [0.29, 0.717) is 12.1 Å². The van der Waals surface area contributed by atoms with E-state index in [1.54, 1.807) is 0 Å². The lowest BCUT2D eigenvalue weighted by Gasteiger charge is -2.43. The van der Waals surface area contributed by atoms with Gasteiger partial charge in [-0.3, -0.25) is 14.7 Å². The number of hydrogen-bond donors (Lipinski definition) is 1. The molecule has 106 valence electrons. The smallest absolute Gasteiger partial charge is 0.0599 e. The summed E-state index contributed by atoms with van der Waals surface area (Å²) in [5, 5.41) is 9.42. The number of aliphatic hydroxyl groups excluding tert-OH is 1. The van der Waals surface area contributed by atoms with Crippen molar-refractivity contribution in [1.82, 2.24) is 14.7 Å². The average molecular weight is 257 g/mol. The lowest BCUT2D eigenvalue weighted by Crippen LogP contribution is -2.58. The second kappa shape index (κ2) is 6.82. The third-order valence-corrected chi connectivity index (χ3v) is 4.31. The number of morpholine rings is 1. The number of hydrogen-bond acceptors (Lipinski definition) is 5. The monoisotopic (exact) mass is 257 g/mol. The zero-order chi connectivity index (χ0) is 13.0. The largest absolute Gasteiger partial charge is 0.395 e. The number of piperazine rings is 1. The van der Waals surface area contributed by atoms with Crippen LogP contribution < -0.4 is 0 Å². The van der Waals surface area contributed by atoms with Gasteiger partial charge in [0.05, 0.1) is 19.8 Å². The highest BCUT2D eigenvalue weighted by Crippen LogP contribution is 2.13. The van der Waals surface area contributed by atoms with Gasteiger partial charge in [0.1, 0.15) is 0 Å². The van der Waals surface area contributed by atoms with Crippen LogP contribution in [0.3, 0.4) is 0 Å². The Bertz CT molecular complexity index is 246. The molecule has 0 spiro atoms. The van der Waals surface area contributed by atoms with Crippen molar-refractivity contribution >= 4 is 0 Å². The van der Waals surface area contributed by atoms with Gasteiger partial charge in [0.25, 0.3) is 0 Å². The van der Waals surface area contributed by atoms with Gasteiger partial charge in [0.2, 0.25) is 0 Å². The first-order valence-corrected chi connectivity index (χ1v) is 7.06. The van der Waals surface area contributed by atoms with Gasteiger partial charge in [-0.1, -0.05) is 0 Å². The van der Waals surface area contributed by atoms with E-state index in [2.05, 4.69) is 28.7 Å². The molecule has 0 aliphatic carbocycles. The molecule has 0 aromatic heterocycles. The molecule has 2 fully saturated rings. The van der Waals surface area contributed by atoms with Gasteiger partial charge in [-0.15, -0.1) is 0 Å². The summed E-state index contributed by atoms with van der Waals surface area (Å²) in [4.78, 5) is 7.26. The van der Waals surface area contributed by atoms with Crippen LogP contribution in [-0.4, -0.2) is 98.0 Å². The summed E-state index contributed by atoms with van der Waals surface area (Å²) in [6, 6.07) is 0.819. The molecule has 18 heavy (non-hydrogen) atoms. The average Bonchev–Trinajstić information content (AvgIpc) is 2.41. The molecule has 0 saturated carbocycles. The molecule has 5 nitrogen and oxygen atoms in total. The van der Waals surface area contributed by atoms with Crippen molar-refractivity contribution < 1.29 is 9.84 Å². The van der Waals surface area contributed by atoms with E-state index in [9.17, 15) is 5.11 Å². The third-order valence-electron chi connectivity index (χ3n) is 4.31. The van der Waals surface area contributed by atoms with Crippen molar-refractivity contribution in [2.75, 3.05) is 66.1 Å². The minimum atomic E-state index is 0.259. The molecule has 2 rings (SSSR count). The summed E-state index contributed by atoms with van der Waals surface area (Å²) < 4.78 is 5.36. The number of ether oxygens (including phenoxy) is 1. The molecule has 2 unspecified atom stereocenters. The Morgan fingerprint density at radius 2 is 1.78 bits per heavy atom. The molecular weight excluding hydrogens is 230 g/mol. The van der Waals surface area contributed by atoms with Gasteiger partial charge in [0.15, 0.2) is 0 Å². The fraction of sp³-hybridized carbons (Fsp3) is 1.00. The summed E-state index contributed by atoms with van der Waals surface area (Å²) >= 11 is 0. The molecule has 0 aromatic rings. The van der Waals surface area contributed by atoms with Crippen molar-refractivity contribution in [2.24, 2.45) is 0 Å². The standard InChI is InChI=1S/C13H27N3O2/c1-12-9-16(10-13(11-17)14(12)2)4-3-15-5-7-18-8-6-15/h12-13,17H,3-11H2,1-2H3. The summed E-state index contributed by atoms with van der Waals surface area (Å²) in [5.41, 5.74) is 0. The number of rotatable bonds is 4. The Morgan fingerprint density at radius 1 is 1.11 bits per heavy atom. The highest BCUT2D eigenvalue weighted by molar-refractivity contribution is 4.85. The van der Waals surface area contributed by atoms with Gasteiger partial charge in [-0.25, -0.2) is 0 Å². The van der Waals surface area contributed by atoms with E-state index >= 15 is 0 Å². The van der Waals surface area contributed by atoms with E-state index in [0.717, 1.165) is 52.5 Å². The van der Waals surface area contributed by atoms with Crippen molar-refractivity contribution in [2.45, 2.75) is 19.0 Å². The lowest BCUT2D eigenvalue weighted by atomic mass is 10.1. The summed E-state index contributed by atoms with van der Waals surface area (Å²) in [5.74, 6) is 0. The Labute approximate surface area is 110 Å². The maximum Gasteiger partial charge on any atom is 0.0599 e. The Balaban J connectivity index is 1.75. The second-order valence-electron chi connectivity index (χ2n) is 5.56. The molecular formula is C13H27N3O2. The van der Waals surface area contributed by atoms with Crippen LogP contribution in [0.2, 0.25) is 0 Å². The molecule has 0 amide bonds. The highest BCUT2D eigenvalue weighted by atomic mass is 16.5. The first-order chi connectivity index (χ1) is 8.70. The normalized spacial score (nSPS) is 32.8.